The molecule has 0 saturated heterocycles. The van der Waals surface area contributed by atoms with Crippen LogP contribution in [-0.4, -0.2) is 34.5 Å². The first kappa shape index (κ1) is 16.8. The molecule has 0 aliphatic heterocycles. The molecular formula is C18H22N2O. The Bertz CT molecular complexity index is 549. The normalized spacial score (nSPS) is 12.0. The zero-order valence-corrected chi connectivity index (χ0v) is 13.0. The molecule has 21 heavy (non-hydrogen) atoms. The third kappa shape index (κ3) is 5.73. The lowest BCUT2D eigenvalue weighted by molar-refractivity contribution is -0.530. The summed E-state index contributed by atoms with van der Waals surface area (Å²) in [5, 5.41) is 11.9. The molecule has 0 amide bonds. The maximum atomic E-state index is 11.9. The van der Waals surface area contributed by atoms with Gasteiger partial charge in [0.05, 0.1) is 13.1 Å². The van der Waals surface area contributed by atoms with Crippen LogP contribution in [0, 0.1) is 29.9 Å². The molecule has 0 unspecified atom stereocenters. The van der Waals surface area contributed by atoms with Crippen LogP contribution in [0.2, 0.25) is 0 Å². The van der Waals surface area contributed by atoms with E-state index in [0.29, 0.717) is 19.6 Å². The standard InChI is InChI=1S/C18H22N2O/c1-6-12-19(13-7-2)14-16-8-10-17(11-9-16)15-20(21)18(3,4)5/h1-2,8-11,15H,12-14H2,3-5H3/b20-15-. The molecule has 0 saturated carbocycles. The van der Waals surface area contributed by atoms with Gasteiger partial charge in [-0.3, -0.25) is 4.90 Å². The van der Waals surface area contributed by atoms with E-state index in [-0.39, 0.29) is 0 Å². The topological polar surface area (TPSA) is 29.3 Å². The van der Waals surface area contributed by atoms with Crippen molar-refractivity contribution >= 4 is 6.21 Å². The summed E-state index contributed by atoms with van der Waals surface area (Å²) in [5.41, 5.74) is 1.56. The predicted octanol–water partition coefficient (Wildman–Crippen LogP) is 2.48. The SMILES string of the molecule is C#CCN(CC#C)Cc1ccc(/C=[N+](\[O-])C(C)(C)C)cc1. The predicted molar refractivity (Wildman–Crippen MR) is 87.9 cm³/mol. The van der Waals surface area contributed by atoms with Gasteiger partial charge in [0.25, 0.3) is 0 Å². The van der Waals surface area contributed by atoms with Gasteiger partial charge in [-0.1, -0.05) is 24.0 Å². The van der Waals surface area contributed by atoms with E-state index >= 15 is 0 Å². The summed E-state index contributed by atoms with van der Waals surface area (Å²) in [4.78, 5) is 2.01. The minimum absolute atomic E-state index is 0.435. The average molecular weight is 282 g/mol. The summed E-state index contributed by atoms with van der Waals surface area (Å²) in [6.45, 7) is 7.38. The number of hydroxylamine groups is 1. The highest BCUT2D eigenvalue weighted by atomic mass is 16.5. The quantitative estimate of drug-likeness (QED) is 0.273. The van der Waals surface area contributed by atoms with E-state index in [4.69, 9.17) is 12.8 Å². The van der Waals surface area contributed by atoms with E-state index in [1.54, 1.807) is 6.21 Å². The van der Waals surface area contributed by atoms with Gasteiger partial charge in [0.1, 0.15) is 0 Å². The van der Waals surface area contributed by atoms with E-state index in [2.05, 4.69) is 11.8 Å². The fourth-order valence-corrected chi connectivity index (χ4v) is 1.72. The Kier molecular flexibility index (Phi) is 6.03. The maximum absolute atomic E-state index is 11.9. The average Bonchev–Trinajstić information content (AvgIpc) is 2.40. The van der Waals surface area contributed by atoms with Gasteiger partial charge in [-0.25, -0.2) is 4.74 Å². The summed E-state index contributed by atoms with van der Waals surface area (Å²) in [6.07, 6.45) is 12.3. The summed E-state index contributed by atoms with van der Waals surface area (Å²) in [7, 11) is 0. The molecule has 3 nitrogen and oxygen atoms in total. The molecule has 0 aliphatic carbocycles. The lowest BCUT2D eigenvalue weighted by Gasteiger charge is -2.19. The van der Waals surface area contributed by atoms with Gasteiger partial charge in [0, 0.05) is 32.9 Å². The first-order valence-electron chi connectivity index (χ1n) is 6.86. The van der Waals surface area contributed by atoms with Crippen molar-refractivity contribution in [1.29, 1.82) is 0 Å². The van der Waals surface area contributed by atoms with Crippen LogP contribution in [0.1, 0.15) is 31.9 Å². The summed E-state index contributed by atoms with van der Waals surface area (Å²) in [5.74, 6) is 5.21. The lowest BCUT2D eigenvalue weighted by Crippen LogP contribution is -2.29. The number of nitrogens with zero attached hydrogens (tertiary/aromatic N) is 2. The number of terminal acetylenes is 2. The highest BCUT2D eigenvalue weighted by Crippen LogP contribution is 2.09. The van der Waals surface area contributed by atoms with Crippen LogP contribution in [0.4, 0.5) is 0 Å². The summed E-state index contributed by atoms with van der Waals surface area (Å²) in [6, 6.07) is 7.83. The Labute approximate surface area is 127 Å². The van der Waals surface area contributed by atoms with Crippen LogP contribution in [0.3, 0.4) is 0 Å². The second-order valence-electron chi connectivity index (χ2n) is 5.92. The molecule has 1 aromatic carbocycles. The van der Waals surface area contributed by atoms with E-state index in [1.807, 2.05) is 49.9 Å². The molecule has 110 valence electrons. The third-order valence-electron chi connectivity index (χ3n) is 2.94. The van der Waals surface area contributed by atoms with E-state index in [9.17, 15) is 5.21 Å². The van der Waals surface area contributed by atoms with Gasteiger partial charge in [-0.15, -0.1) is 12.8 Å². The van der Waals surface area contributed by atoms with Crippen LogP contribution < -0.4 is 0 Å². The molecule has 0 aliphatic rings. The third-order valence-corrected chi connectivity index (χ3v) is 2.94. The highest BCUT2D eigenvalue weighted by molar-refractivity contribution is 5.75. The number of hydrogen-bond acceptors (Lipinski definition) is 2. The molecule has 0 aromatic heterocycles. The van der Waals surface area contributed by atoms with Crippen molar-refractivity contribution < 1.29 is 4.74 Å². The molecular weight excluding hydrogens is 260 g/mol. The molecule has 0 bridgehead atoms. The Hall–Kier alpha value is -2.23. The van der Waals surface area contributed by atoms with Gasteiger partial charge in [-0.05, 0) is 17.7 Å². The summed E-state index contributed by atoms with van der Waals surface area (Å²) < 4.78 is 0.963. The van der Waals surface area contributed by atoms with Gasteiger partial charge in [0.15, 0.2) is 11.8 Å². The van der Waals surface area contributed by atoms with Gasteiger partial charge in [0.2, 0.25) is 0 Å². The molecule has 0 radical (unpaired) electrons. The van der Waals surface area contributed by atoms with E-state index < -0.39 is 5.54 Å². The second-order valence-corrected chi connectivity index (χ2v) is 5.92. The summed E-state index contributed by atoms with van der Waals surface area (Å²) >= 11 is 0. The minimum atomic E-state index is -0.435. The van der Waals surface area contributed by atoms with Crippen LogP contribution in [0.15, 0.2) is 24.3 Å². The Morgan fingerprint density at radius 1 is 1.14 bits per heavy atom. The van der Waals surface area contributed by atoms with Crippen molar-refractivity contribution in [3.8, 4) is 24.7 Å². The first-order chi connectivity index (χ1) is 9.86. The Morgan fingerprint density at radius 2 is 1.67 bits per heavy atom. The smallest absolute Gasteiger partial charge is 0.182 e. The fourth-order valence-electron chi connectivity index (χ4n) is 1.72. The van der Waals surface area contributed by atoms with Crippen molar-refractivity contribution in [2.24, 2.45) is 0 Å². The number of benzene rings is 1. The largest absolute Gasteiger partial charge is 0.623 e. The minimum Gasteiger partial charge on any atom is -0.623 e. The lowest BCUT2D eigenvalue weighted by atomic mass is 10.1. The van der Waals surface area contributed by atoms with Crippen LogP contribution >= 0.6 is 0 Å². The van der Waals surface area contributed by atoms with Crippen molar-refractivity contribution in [3.63, 3.8) is 0 Å². The van der Waals surface area contributed by atoms with Crippen LogP contribution in [0.25, 0.3) is 0 Å². The highest BCUT2D eigenvalue weighted by Gasteiger charge is 2.17. The molecule has 0 heterocycles. The van der Waals surface area contributed by atoms with Crippen LogP contribution in [0.5, 0.6) is 0 Å². The zero-order valence-electron chi connectivity index (χ0n) is 13.0. The molecule has 1 aromatic rings. The molecule has 0 N–H and O–H groups in total. The van der Waals surface area contributed by atoms with Gasteiger partial charge < -0.3 is 5.21 Å². The molecule has 0 atom stereocenters. The monoisotopic (exact) mass is 282 g/mol. The van der Waals surface area contributed by atoms with E-state index in [1.165, 1.54) is 0 Å². The van der Waals surface area contributed by atoms with Gasteiger partial charge >= 0.3 is 0 Å². The maximum Gasteiger partial charge on any atom is 0.182 e. The number of hydrogen-bond donors (Lipinski definition) is 0. The van der Waals surface area contributed by atoms with E-state index in [0.717, 1.165) is 15.9 Å². The fraction of sp³-hybridized carbons (Fsp3) is 0.389. The number of rotatable bonds is 5. The molecule has 1 rings (SSSR count). The van der Waals surface area contributed by atoms with Crippen molar-refractivity contribution in [3.05, 3.63) is 40.6 Å². The second kappa shape index (κ2) is 7.53. The Balaban J connectivity index is 2.79. The van der Waals surface area contributed by atoms with Crippen molar-refractivity contribution in [1.82, 2.24) is 4.90 Å². The van der Waals surface area contributed by atoms with Crippen molar-refractivity contribution in [2.75, 3.05) is 13.1 Å². The van der Waals surface area contributed by atoms with Crippen LogP contribution in [-0.2, 0) is 6.54 Å². The first-order valence-corrected chi connectivity index (χ1v) is 6.86. The molecule has 0 fully saturated rings. The molecule has 0 spiro atoms. The zero-order chi connectivity index (χ0) is 15.9. The Morgan fingerprint density at radius 3 is 2.10 bits per heavy atom. The van der Waals surface area contributed by atoms with Gasteiger partial charge in [-0.2, -0.15) is 0 Å². The van der Waals surface area contributed by atoms with Crippen molar-refractivity contribution in [2.45, 2.75) is 32.9 Å². The molecule has 3 heteroatoms.